The molecule has 4 N–H and O–H groups in total. The molecule has 0 bridgehead atoms. The van der Waals surface area contributed by atoms with Gasteiger partial charge < -0.3 is 44.2 Å². The van der Waals surface area contributed by atoms with E-state index in [0.29, 0.717) is 41.7 Å². The number of nitrogens with zero attached hydrogens (tertiary/aromatic N) is 1. The minimum Gasteiger partial charge on any atom is -0.490 e. The number of methoxy groups -OCH3 is 1. The van der Waals surface area contributed by atoms with E-state index in [-0.39, 0.29) is 19.0 Å². The average molecular weight is 745 g/mol. The molecule has 242 valence electrons. The number of urea groups is 1. The van der Waals surface area contributed by atoms with Crippen LogP contribution in [0.2, 0.25) is 0 Å². The minimum absolute atomic E-state index is 0.141. The molecule has 2 heterocycles. The van der Waals surface area contributed by atoms with Gasteiger partial charge in [0.25, 0.3) is 0 Å². The van der Waals surface area contributed by atoms with Crippen LogP contribution in [0.25, 0.3) is 0 Å². The fourth-order valence-corrected chi connectivity index (χ4v) is 5.42. The van der Waals surface area contributed by atoms with E-state index in [0.717, 1.165) is 26.2 Å². The number of hydrazone groups is 1. The molecular weight excluding hydrogens is 711 g/mol. The van der Waals surface area contributed by atoms with E-state index >= 15 is 0 Å². The van der Waals surface area contributed by atoms with Gasteiger partial charge in [0.05, 0.1) is 35.1 Å². The Morgan fingerprint density at radius 2 is 1.89 bits per heavy atom. The van der Waals surface area contributed by atoms with Crippen molar-refractivity contribution in [2.24, 2.45) is 5.10 Å². The number of allylic oxidation sites excluding steroid dienone is 1. The highest BCUT2D eigenvalue weighted by Gasteiger charge is 2.32. The fourth-order valence-electron chi connectivity index (χ4n) is 4.73. The van der Waals surface area contributed by atoms with Crippen LogP contribution in [0.5, 0.6) is 28.7 Å². The third kappa shape index (κ3) is 7.92. The van der Waals surface area contributed by atoms with E-state index in [9.17, 15) is 14.7 Å². The maximum Gasteiger partial charge on any atom is 0.337 e. The number of esters is 1. The van der Waals surface area contributed by atoms with Crippen molar-refractivity contribution < 1.29 is 43.1 Å². The minimum atomic E-state index is -1.13. The molecular formula is C32H33IN4O9. The molecule has 2 aliphatic heterocycles. The van der Waals surface area contributed by atoms with Crippen LogP contribution in [0.1, 0.15) is 36.6 Å². The molecule has 3 aromatic carbocycles. The number of fused-ring (bicyclic) bond motifs is 1. The second-order valence-corrected chi connectivity index (χ2v) is 11.2. The molecule has 14 heteroatoms. The number of ether oxygens (including phenoxy) is 6. The van der Waals surface area contributed by atoms with E-state index in [1.54, 1.807) is 31.3 Å². The molecule has 0 aliphatic carbocycles. The smallest absolute Gasteiger partial charge is 0.337 e. The second-order valence-electron chi connectivity index (χ2n) is 10.1. The Labute approximate surface area is 279 Å². The normalized spacial score (nSPS) is 16.0. The van der Waals surface area contributed by atoms with Crippen LogP contribution in [0.3, 0.4) is 0 Å². The van der Waals surface area contributed by atoms with Gasteiger partial charge in [-0.1, -0.05) is 12.1 Å². The van der Waals surface area contributed by atoms with Crippen molar-refractivity contribution in [1.82, 2.24) is 16.1 Å². The molecule has 0 aromatic heterocycles. The summed E-state index contributed by atoms with van der Waals surface area (Å²) in [5, 5.41) is 19.9. The maximum absolute atomic E-state index is 12.4. The van der Waals surface area contributed by atoms with E-state index in [1.807, 2.05) is 43.3 Å². The van der Waals surface area contributed by atoms with Gasteiger partial charge in [0.2, 0.25) is 6.79 Å². The number of aliphatic hydroxyl groups excluding tert-OH is 1. The molecule has 2 aliphatic rings. The van der Waals surface area contributed by atoms with E-state index < -0.39 is 24.3 Å². The average Bonchev–Trinajstić information content (AvgIpc) is 3.51. The Morgan fingerprint density at radius 3 is 2.67 bits per heavy atom. The zero-order valence-electron chi connectivity index (χ0n) is 25.3. The molecule has 0 fully saturated rings. The lowest BCUT2D eigenvalue weighted by molar-refractivity contribution is -0.136. The topological polar surface area (TPSA) is 158 Å². The number of carbonyl (C=O) groups is 2. The summed E-state index contributed by atoms with van der Waals surface area (Å²) in [5.41, 5.74) is 5.66. The number of aliphatic hydroxyl groups is 1. The Balaban J connectivity index is 1.15. The first-order chi connectivity index (χ1) is 22.2. The van der Waals surface area contributed by atoms with E-state index in [1.165, 1.54) is 7.11 Å². The van der Waals surface area contributed by atoms with Gasteiger partial charge in [-0.05, 0) is 95.6 Å². The molecule has 0 radical (unpaired) electrons. The van der Waals surface area contributed by atoms with Crippen molar-refractivity contribution in [3.8, 4) is 28.7 Å². The molecule has 13 nitrogen and oxygen atoms in total. The molecule has 2 amide bonds. The van der Waals surface area contributed by atoms with Crippen molar-refractivity contribution in [3.05, 3.63) is 86.1 Å². The summed E-state index contributed by atoms with van der Waals surface area (Å²) in [6, 6.07) is 15.1. The third-order valence-corrected chi connectivity index (χ3v) is 7.74. The fraction of sp³-hybridized carbons (Fsp3) is 0.281. The summed E-state index contributed by atoms with van der Waals surface area (Å²) >= 11 is 2.20. The third-order valence-electron chi connectivity index (χ3n) is 6.90. The lowest BCUT2D eigenvalue weighted by Gasteiger charge is -2.28. The highest BCUT2D eigenvalue weighted by atomic mass is 127. The van der Waals surface area contributed by atoms with Crippen molar-refractivity contribution in [2.75, 3.05) is 27.1 Å². The van der Waals surface area contributed by atoms with Gasteiger partial charge >= 0.3 is 12.0 Å². The van der Waals surface area contributed by atoms with Crippen LogP contribution in [-0.4, -0.2) is 56.7 Å². The van der Waals surface area contributed by atoms with Gasteiger partial charge in [-0.15, -0.1) is 0 Å². The first-order valence-electron chi connectivity index (χ1n) is 14.3. The van der Waals surface area contributed by atoms with Crippen molar-refractivity contribution in [3.63, 3.8) is 0 Å². The van der Waals surface area contributed by atoms with Crippen LogP contribution in [0.4, 0.5) is 4.79 Å². The lowest BCUT2D eigenvalue weighted by atomic mass is 9.95. The van der Waals surface area contributed by atoms with E-state index in [2.05, 4.69) is 43.8 Å². The van der Waals surface area contributed by atoms with Gasteiger partial charge in [0.1, 0.15) is 19.0 Å². The first kappa shape index (κ1) is 32.7. The number of rotatable bonds is 13. The lowest BCUT2D eigenvalue weighted by Crippen LogP contribution is -2.45. The Kier molecular flexibility index (Phi) is 10.7. The summed E-state index contributed by atoms with van der Waals surface area (Å²) in [7, 11) is 1.28. The molecule has 46 heavy (non-hydrogen) atoms. The molecule has 3 aromatic rings. The summed E-state index contributed by atoms with van der Waals surface area (Å²) in [6.07, 6.45) is 0.448. The van der Waals surface area contributed by atoms with Crippen molar-refractivity contribution in [1.29, 1.82) is 0 Å². The molecule has 0 spiro atoms. The number of amides is 2. The Bertz CT molecular complexity index is 1660. The number of hydrogen-bond donors (Lipinski definition) is 4. The van der Waals surface area contributed by atoms with Crippen LogP contribution < -0.4 is 39.7 Å². The quantitative estimate of drug-likeness (QED) is 0.0660. The van der Waals surface area contributed by atoms with Crippen molar-refractivity contribution in [2.45, 2.75) is 32.7 Å². The van der Waals surface area contributed by atoms with Crippen LogP contribution in [-0.2, 0) is 16.1 Å². The number of hydrogen-bond acceptors (Lipinski definition) is 11. The number of halogens is 1. The molecule has 2 atom stereocenters. The highest BCUT2D eigenvalue weighted by molar-refractivity contribution is 14.1. The Hall–Kier alpha value is -4.70. The first-order valence-corrected chi connectivity index (χ1v) is 15.4. The predicted octanol–water partition coefficient (Wildman–Crippen LogP) is 4.12. The van der Waals surface area contributed by atoms with Gasteiger partial charge in [-0.3, -0.25) is 5.43 Å². The molecule has 0 saturated carbocycles. The summed E-state index contributed by atoms with van der Waals surface area (Å²) < 4.78 is 34.1. The summed E-state index contributed by atoms with van der Waals surface area (Å²) in [4.78, 5) is 24.6. The monoisotopic (exact) mass is 744 g/mol. The maximum atomic E-state index is 12.4. The predicted molar refractivity (Wildman–Crippen MR) is 175 cm³/mol. The van der Waals surface area contributed by atoms with Crippen molar-refractivity contribution >= 4 is 40.8 Å². The molecule has 0 unspecified atom stereocenters. The van der Waals surface area contributed by atoms with Crippen LogP contribution >= 0.6 is 22.6 Å². The number of carbonyl (C=O) groups excluding carboxylic acids is 2. The SMILES string of the molecule is CCOc1cc([C@@H]2NC(=O)NC(C)=C2C(=O)OC)ccc1OC[C@@H](O)N/N=C\c1ccc(OCc2ccc3c(c2)OCO3)c(I)c1. The molecule has 5 rings (SSSR count). The summed E-state index contributed by atoms with van der Waals surface area (Å²) in [6.45, 7) is 4.24. The van der Waals surface area contributed by atoms with E-state index in [4.69, 9.17) is 28.4 Å². The van der Waals surface area contributed by atoms with Gasteiger partial charge in [-0.25, -0.2) is 9.59 Å². The van der Waals surface area contributed by atoms with Gasteiger partial charge in [0, 0.05) is 5.70 Å². The van der Waals surface area contributed by atoms with Gasteiger partial charge in [0.15, 0.2) is 29.2 Å². The standard InChI is InChI=1S/C32H33IN4O9/c1-4-42-27-13-21(30-29(31(39)41-3)18(2)35-32(40)36-30)7-10-24(27)44-16-28(38)37-34-14-19-5-8-23(22(33)11-19)43-15-20-6-9-25-26(12-20)46-17-45-25/h5-14,28,30,37-38H,4,15-17H2,1-3H3,(H2,35,36,40)/b34-14-/t28-,30+/m1/s1. The van der Waals surface area contributed by atoms with Crippen LogP contribution in [0.15, 0.2) is 71.0 Å². The summed E-state index contributed by atoms with van der Waals surface area (Å²) in [5.74, 6) is 2.33. The molecule has 0 saturated heterocycles. The number of nitrogens with one attached hydrogen (secondary N) is 3. The largest absolute Gasteiger partial charge is 0.490 e. The second kappa shape index (κ2) is 15.1. The Morgan fingerprint density at radius 1 is 1.09 bits per heavy atom. The zero-order chi connectivity index (χ0) is 32.6. The van der Waals surface area contributed by atoms with Gasteiger partial charge in [-0.2, -0.15) is 5.10 Å². The number of benzene rings is 3. The highest BCUT2D eigenvalue weighted by Crippen LogP contribution is 2.35. The van der Waals surface area contributed by atoms with Crippen LogP contribution in [0, 0.1) is 3.57 Å². The zero-order valence-corrected chi connectivity index (χ0v) is 27.5.